The molecule has 19 heavy (non-hydrogen) atoms. The molecule has 7 nitrogen and oxygen atoms in total. The number of aliphatic carboxylic acids is 1. The predicted molar refractivity (Wildman–Crippen MR) is 66.6 cm³/mol. The van der Waals surface area contributed by atoms with E-state index in [2.05, 4.69) is 5.16 Å². The lowest BCUT2D eigenvalue weighted by molar-refractivity contribution is -0.138. The second-order valence-corrected chi connectivity index (χ2v) is 3.71. The molecule has 1 aromatic rings. The van der Waals surface area contributed by atoms with E-state index in [9.17, 15) is 9.59 Å². The van der Waals surface area contributed by atoms with Crippen LogP contribution in [0.3, 0.4) is 0 Å². The van der Waals surface area contributed by atoms with Crippen molar-refractivity contribution >= 4 is 18.0 Å². The predicted octanol–water partition coefficient (Wildman–Crippen LogP) is 0.245. The minimum Gasteiger partial charge on any atom is -0.494 e. The van der Waals surface area contributed by atoms with Crippen molar-refractivity contribution in [2.24, 2.45) is 10.9 Å². The van der Waals surface area contributed by atoms with Crippen molar-refractivity contribution in [1.29, 1.82) is 0 Å². The molecule has 4 N–H and O–H groups in total. The first kappa shape index (κ1) is 14.7. The van der Waals surface area contributed by atoms with Crippen LogP contribution in [0.2, 0.25) is 0 Å². The molecule has 0 bridgehead atoms. The molecule has 0 amide bonds. The zero-order valence-electron chi connectivity index (χ0n) is 10.0. The van der Waals surface area contributed by atoms with Crippen molar-refractivity contribution in [3.05, 3.63) is 29.8 Å². The molecule has 0 radical (unpaired) electrons. The van der Waals surface area contributed by atoms with E-state index in [1.54, 1.807) is 24.3 Å². The first-order valence-electron chi connectivity index (χ1n) is 5.47. The Kier molecular flexibility index (Phi) is 5.49. The zero-order valence-corrected chi connectivity index (χ0v) is 10.0. The molecule has 0 fully saturated rings. The Hall–Kier alpha value is -2.41. The van der Waals surface area contributed by atoms with Gasteiger partial charge in [0, 0.05) is 12.0 Å². The molecule has 0 aliphatic rings. The molecule has 1 unspecified atom stereocenters. The van der Waals surface area contributed by atoms with Gasteiger partial charge in [0.25, 0.3) is 0 Å². The van der Waals surface area contributed by atoms with Gasteiger partial charge in [-0.05, 0) is 24.3 Å². The number of carboxylic acids is 1. The van der Waals surface area contributed by atoms with Crippen molar-refractivity contribution in [2.75, 3.05) is 6.61 Å². The molecule has 1 rings (SSSR count). The number of hydrogen-bond acceptors (Lipinski definition) is 6. The molecular weight excluding hydrogens is 252 g/mol. The molecule has 102 valence electrons. The molecule has 0 saturated carbocycles. The Morgan fingerprint density at radius 3 is 2.53 bits per heavy atom. The summed E-state index contributed by atoms with van der Waals surface area (Å²) in [6, 6.07) is 5.31. The first-order chi connectivity index (χ1) is 9.08. The summed E-state index contributed by atoms with van der Waals surface area (Å²) in [5, 5.41) is 20.0. The van der Waals surface area contributed by atoms with Gasteiger partial charge >= 0.3 is 5.97 Å². The van der Waals surface area contributed by atoms with Gasteiger partial charge in [-0.3, -0.25) is 9.59 Å². The quantitative estimate of drug-likeness (QED) is 0.281. The topological polar surface area (TPSA) is 122 Å². The van der Waals surface area contributed by atoms with Crippen LogP contribution in [-0.4, -0.2) is 40.9 Å². The van der Waals surface area contributed by atoms with Gasteiger partial charge in [-0.25, -0.2) is 0 Å². The van der Waals surface area contributed by atoms with E-state index in [-0.39, 0.29) is 18.7 Å². The third-order valence-electron chi connectivity index (χ3n) is 2.38. The monoisotopic (exact) mass is 266 g/mol. The highest BCUT2D eigenvalue weighted by atomic mass is 16.5. The number of carboxylic acid groups (broad SMARTS) is 1. The number of nitrogens with zero attached hydrogens (tertiary/aromatic N) is 1. The van der Waals surface area contributed by atoms with Crippen molar-refractivity contribution in [3.8, 4) is 5.75 Å². The number of carbonyl (C=O) groups excluding carboxylic acids is 1. The summed E-state index contributed by atoms with van der Waals surface area (Å²) in [5.74, 6) is -0.571. The smallest absolute Gasteiger partial charge is 0.320 e. The number of aldehydes is 1. The second-order valence-electron chi connectivity index (χ2n) is 3.71. The molecule has 1 atom stereocenters. The number of oxime groups is 1. The van der Waals surface area contributed by atoms with Gasteiger partial charge < -0.3 is 20.8 Å². The molecule has 1 aromatic carbocycles. The minimum absolute atomic E-state index is 0.0838. The maximum Gasteiger partial charge on any atom is 0.320 e. The van der Waals surface area contributed by atoms with Crippen molar-refractivity contribution in [1.82, 2.24) is 0 Å². The van der Waals surface area contributed by atoms with Gasteiger partial charge in [-0.2, -0.15) is 0 Å². The van der Waals surface area contributed by atoms with E-state index in [1.165, 1.54) is 0 Å². The average Bonchev–Trinajstić information content (AvgIpc) is 2.41. The van der Waals surface area contributed by atoms with Crippen LogP contribution in [-0.2, 0) is 9.59 Å². The number of ether oxygens (including phenoxy) is 1. The van der Waals surface area contributed by atoms with Gasteiger partial charge in [0.1, 0.15) is 17.5 Å². The number of carbonyl (C=O) groups is 2. The van der Waals surface area contributed by atoms with E-state index in [0.29, 0.717) is 17.6 Å². The van der Waals surface area contributed by atoms with Crippen LogP contribution in [0, 0.1) is 0 Å². The molecular formula is C12H14N2O5. The van der Waals surface area contributed by atoms with Crippen LogP contribution in [0.25, 0.3) is 0 Å². The standard InChI is InChI=1S/C12H14N2O5/c13-10(12(16)17)5-6-19-9-3-1-8(2-4-9)11(7-15)14-18/h1-4,7,10,18H,5-6,13H2,(H,16,17)/b14-11+. The molecule has 0 aliphatic heterocycles. The fourth-order valence-electron chi connectivity index (χ4n) is 1.30. The largest absolute Gasteiger partial charge is 0.494 e. The number of rotatable bonds is 7. The number of nitrogens with two attached hydrogens (primary N) is 1. The Morgan fingerprint density at radius 1 is 1.42 bits per heavy atom. The normalized spacial score (nSPS) is 12.8. The van der Waals surface area contributed by atoms with E-state index in [1.807, 2.05) is 0 Å². The molecule has 0 heterocycles. The number of benzene rings is 1. The first-order valence-corrected chi connectivity index (χ1v) is 5.47. The number of hydrogen-bond donors (Lipinski definition) is 3. The van der Waals surface area contributed by atoms with Crippen LogP contribution in [0.4, 0.5) is 0 Å². The third kappa shape index (κ3) is 4.40. The van der Waals surface area contributed by atoms with E-state index >= 15 is 0 Å². The fourth-order valence-corrected chi connectivity index (χ4v) is 1.30. The lowest BCUT2D eigenvalue weighted by Gasteiger charge is -2.09. The lowest BCUT2D eigenvalue weighted by Crippen LogP contribution is -2.31. The Bertz CT molecular complexity index is 470. The van der Waals surface area contributed by atoms with Gasteiger partial charge in [0.2, 0.25) is 0 Å². The van der Waals surface area contributed by atoms with Gasteiger partial charge in [0.15, 0.2) is 6.29 Å². The van der Waals surface area contributed by atoms with E-state index < -0.39 is 12.0 Å². The molecule has 0 saturated heterocycles. The van der Waals surface area contributed by atoms with Crippen LogP contribution in [0.5, 0.6) is 5.75 Å². The molecule has 0 aromatic heterocycles. The van der Waals surface area contributed by atoms with E-state index in [4.69, 9.17) is 20.8 Å². The Labute approximate surface area is 109 Å². The SMILES string of the molecule is NC(CCOc1ccc(/C(C=O)=N/O)cc1)C(=O)O. The summed E-state index contributed by atoms with van der Waals surface area (Å²) >= 11 is 0. The summed E-state index contributed by atoms with van der Waals surface area (Å²) in [7, 11) is 0. The maximum absolute atomic E-state index is 10.5. The van der Waals surface area contributed by atoms with Crippen LogP contribution < -0.4 is 10.5 Å². The molecule has 0 spiro atoms. The van der Waals surface area contributed by atoms with Gasteiger partial charge in [-0.1, -0.05) is 5.16 Å². The summed E-state index contributed by atoms with van der Waals surface area (Å²) in [6.45, 7) is 0.168. The molecule has 0 aliphatic carbocycles. The average molecular weight is 266 g/mol. The molecule has 7 heteroatoms. The van der Waals surface area contributed by atoms with Crippen LogP contribution in [0.15, 0.2) is 29.4 Å². The van der Waals surface area contributed by atoms with Crippen LogP contribution >= 0.6 is 0 Å². The van der Waals surface area contributed by atoms with Crippen molar-refractivity contribution in [2.45, 2.75) is 12.5 Å². The maximum atomic E-state index is 10.5. The highest BCUT2D eigenvalue weighted by molar-refractivity contribution is 6.36. The highest BCUT2D eigenvalue weighted by Gasteiger charge is 2.11. The third-order valence-corrected chi connectivity index (χ3v) is 2.38. The second kappa shape index (κ2) is 7.12. The highest BCUT2D eigenvalue weighted by Crippen LogP contribution is 2.13. The van der Waals surface area contributed by atoms with Crippen LogP contribution in [0.1, 0.15) is 12.0 Å². The van der Waals surface area contributed by atoms with E-state index in [0.717, 1.165) is 0 Å². The Balaban J connectivity index is 2.53. The summed E-state index contributed by atoms with van der Waals surface area (Å²) in [5.41, 5.74) is 5.69. The zero-order chi connectivity index (χ0) is 14.3. The summed E-state index contributed by atoms with van der Waals surface area (Å²) in [6.07, 6.45) is 0.622. The van der Waals surface area contributed by atoms with Gasteiger partial charge in [0.05, 0.1) is 6.61 Å². The van der Waals surface area contributed by atoms with Crippen molar-refractivity contribution < 1.29 is 24.6 Å². The Morgan fingerprint density at radius 2 is 2.05 bits per heavy atom. The summed E-state index contributed by atoms with van der Waals surface area (Å²) < 4.78 is 5.29. The van der Waals surface area contributed by atoms with Crippen molar-refractivity contribution in [3.63, 3.8) is 0 Å². The fraction of sp³-hybridized carbons (Fsp3) is 0.250. The lowest BCUT2D eigenvalue weighted by atomic mass is 10.1. The minimum atomic E-state index is -1.08. The summed E-state index contributed by atoms with van der Waals surface area (Å²) in [4.78, 5) is 21.0. The van der Waals surface area contributed by atoms with Gasteiger partial charge in [-0.15, -0.1) is 0 Å².